The van der Waals surface area contributed by atoms with E-state index in [-0.39, 0.29) is 0 Å². The Labute approximate surface area is 78.8 Å². The molecule has 0 fully saturated rings. The molecule has 1 heterocycles. The Hall–Kier alpha value is -1.34. The molecule has 66 valence electrons. The molecule has 1 aromatic carbocycles. The molecule has 1 heteroatoms. The van der Waals surface area contributed by atoms with Gasteiger partial charge in [-0.15, -0.1) is 0 Å². The molecule has 0 saturated carbocycles. The summed E-state index contributed by atoms with van der Waals surface area (Å²) < 4.78 is 0. The molecule has 0 saturated heterocycles. The molecule has 1 aromatic rings. The van der Waals surface area contributed by atoms with E-state index in [1.807, 2.05) is 0 Å². The third kappa shape index (κ3) is 1.87. The maximum atomic E-state index is 2.24. The standard InChI is InChI=1S/C12H13N/c1-10-7-8-12(13-9-10)11-5-3-2-4-6-11/h2-9,12-13H,1H3/p+1. The van der Waals surface area contributed by atoms with Gasteiger partial charge in [-0.05, 0) is 13.0 Å². The van der Waals surface area contributed by atoms with Gasteiger partial charge in [-0.25, -0.2) is 0 Å². The molecule has 1 aliphatic heterocycles. The summed E-state index contributed by atoms with van der Waals surface area (Å²) in [5.74, 6) is 0. The molecular formula is C12H14N+. The first-order valence-corrected chi connectivity index (χ1v) is 4.61. The maximum Gasteiger partial charge on any atom is 0.135 e. The summed E-state index contributed by atoms with van der Waals surface area (Å²) in [6.45, 7) is 2.12. The van der Waals surface area contributed by atoms with Crippen LogP contribution in [0.2, 0.25) is 0 Å². The fourth-order valence-electron chi connectivity index (χ4n) is 1.53. The van der Waals surface area contributed by atoms with Crippen molar-refractivity contribution in [2.45, 2.75) is 13.0 Å². The smallest absolute Gasteiger partial charge is 0.135 e. The van der Waals surface area contributed by atoms with Gasteiger partial charge >= 0.3 is 0 Å². The lowest BCUT2D eigenvalue weighted by molar-refractivity contribution is -0.623. The van der Waals surface area contributed by atoms with E-state index in [0.717, 1.165) is 0 Å². The predicted molar refractivity (Wildman–Crippen MR) is 54.0 cm³/mol. The normalized spacial score (nSPS) is 21.3. The van der Waals surface area contributed by atoms with Crippen molar-refractivity contribution in [2.75, 3.05) is 0 Å². The molecule has 2 rings (SSSR count). The van der Waals surface area contributed by atoms with Crippen LogP contribution in [0.1, 0.15) is 18.5 Å². The van der Waals surface area contributed by atoms with Gasteiger partial charge in [0.1, 0.15) is 6.04 Å². The second kappa shape index (κ2) is 3.58. The van der Waals surface area contributed by atoms with Crippen LogP contribution in [0.25, 0.3) is 0 Å². The van der Waals surface area contributed by atoms with Crippen LogP contribution in [-0.2, 0) is 0 Å². The lowest BCUT2D eigenvalue weighted by Gasteiger charge is -2.12. The lowest BCUT2D eigenvalue weighted by Crippen LogP contribution is -2.79. The summed E-state index contributed by atoms with van der Waals surface area (Å²) >= 11 is 0. The van der Waals surface area contributed by atoms with Gasteiger partial charge in [0, 0.05) is 11.1 Å². The van der Waals surface area contributed by atoms with Crippen LogP contribution < -0.4 is 5.32 Å². The third-order valence-electron chi connectivity index (χ3n) is 2.32. The van der Waals surface area contributed by atoms with E-state index in [9.17, 15) is 0 Å². The highest BCUT2D eigenvalue weighted by Crippen LogP contribution is 2.12. The van der Waals surface area contributed by atoms with Crippen LogP contribution in [0.3, 0.4) is 0 Å². The van der Waals surface area contributed by atoms with Crippen molar-refractivity contribution in [3.05, 3.63) is 59.8 Å². The largest absolute Gasteiger partial charge is 0.310 e. The van der Waals surface area contributed by atoms with Crippen molar-refractivity contribution in [1.29, 1.82) is 0 Å². The monoisotopic (exact) mass is 172 g/mol. The number of hydrogen-bond acceptors (Lipinski definition) is 0. The average Bonchev–Trinajstić information content (AvgIpc) is 2.20. The van der Waals surface area contributed by atoms with E-state index in [1.165, 1.54) is 11.1 Å². The van der Waals surface area contributed by atoms with E-state index in [1.54, 1.807) is 0 Å². The van der Waals surface area contributed by atoms with Crippen LogP contribution in [0.5, 0.6) is 0 Å². The van der Waals surface area contributed by atoms with E-state index >= 15 is 0 Å². The van der Waals surface area contributed by atoms with Crippen molar-refractivity contribution in [3.63, 3.8) is 0 Å². The van der Waals surface area contributed by atoms with Crippen molar-refractivity contribution >= 4 is 0 Å². The molecule has 0 aliphatic carbocycles. The van der Waals surface area contributed by atoms with E-state index in [2.05, 4.69) is 60.9 Å². The SMILES string of the molecule is CC1=C[NH2+]C(c2ccccc2)C=C1. The number of quaternary nitrogens is 1. The molecule has 1 unspecified atom stereocenters. The Bertz CT molecular complexity index is 335. The van der Waals surface area contributed by atoms with Crippen LogP contribution in [-0.4, -0.2) is 0 Å². The molecule has 0 radical (unpaired) electrons. The van der Waals surface area contributed by atoms with Gasteiger partial charge in [-0.3, -0.25) is 0 Å². The van der Waals surface area contributed by atoms with Crippen molar-refractivity contribution in [3.8, 4) is 0 Å². The average molecular weight is 172 g/mol. The molecule has 1 nitrogen and oxygen atoms in total. The Balaban J connectivity index is 2.18. The van der Waals surface area contributed by atoms with Crippen molar-refractivity contribution < 1.29 is 5.32 Å². The number of allylic oxidation sites excluding steroid dienone is 2. The Morgan fingerprint density at radius 2 is 1.92 bits per heavy atom. The van der Waals surface area contributed by atoms with E-state index < -0.39 is 0 Å². The molecule has 13 heavy (non-hydrogen) atoms. The topological polar surface area (TPSA) is 16.6 Å². The first kappa shape index (κ1) is 8.27. The minimum Gasteiger partial charge on any atom is -0.310 e. The maximum absolute atomic E-state index is 2.24. The summed E-state index contributed by atoms with van der Waals surface area (Å²) in [6, 6.07) is 11.0. The Morgan fingerprint density at radius 1 is 1.15 bits per heavy atom. The van der Waals surface area contributed by atoms with Gasteiger partial charge < -0.3 is 5.32 Å². The van der Waals surface area contributed by atoms with Gasteiger partial charge in [0.05, 0.1) is 6.20 Å². The summed E-state index contributed by atoms with van der Waals surface area (Å²) in [5.41, 5.74) is 2.69. The molecule has 2 N–H and O–H groups in total. The molecule has 1 atom stereocenters. The lowest BCUT2D eigenvalue weighted by atomic mass is 10.0. The number of hydrogen-bond donors (Lipinski definition) is 1. The Kier molecular flexibility index (Phi) is 2.28. The first-order chi connectivity index (χ1) is 6.36. The first-order valence-electron chi connectivity index (χ1n) is 4.61. The zero-order valence-electron chi connectivity index (χ0n) is 7.77. The van der Waals surface area contributed by atoms with Gasteiger partial charge in [-0.2, -0.15) is 0 Å². The van der Waals surface area contributed by atoms with Crippen LogP contribution in [0.15, 0.2) is 54.3 Å². The van der Waals surface area contributed by atoms with Gasteiger partial charge in [0.25, 0.3) is 0 Å². The highest BCUT2D eigenvalue weighted by Gasteiger charge is 2.11. The molecular weight excluding hydrogens is 158 g/mol. The van der Waals surface area contributed by atoms with Crippen molar-refractivity contribution in [2.24, 2.45) is 0 Å². The third-order valence-corrected chi connectivity index (χ3v) is 2.32. The quantitative estimate of drug-likeness (QED) is 0.665. The minimum atomic E-state index is 0.463. The second-order valence-corrected chi connectivity index (χ2v) is 3.40. The van der Waals surface area contributed by atoms with Crippen molar-refractivity contribution in [1.82, 2.24) is 0 Å². The predicted octanol–water partition coefficient (Wildman–Crippen LogP) is 1.76. The zero-order chi connectivity index (χ0) is 9.10. The molecule has 0 amide bonds. The highest BCUT2D eigenvalue weighted by molar-refractivity contribution is 5.25. The van der Waals surface area contributed by atoms with Crippen LogP contribution >= 0.6 is 0 Å². The summed E-state index contributed by atoms with van der Waals surface area (Å²) in [7, 11) is 0. The number of nitrogens with two attached hydrogens (primary N) is 1. The summed E-state index contributed by atoms with van der Waals surface area (Å²) in [6.07, 6.45) is 6.60. The van der Waals surface area contributed by atoms with Gasteiger partial charge in [0.15, 0.2) is 0 Å². The molecule has 0 bridgehead atoms. The molecule has 1 aliphatic rings. The van der Waals surface area contributed by atoms with Gasteiger partial charge in [-0.1, -0.05) is 36.4 Å². The van der Waals surface area contributed by atoms with E-state index in [4.69, 9.17) is 0 Å². The Morgan fingerprint density at radius 3 is 2.54 bits per heavy atom. The fraction of sp³-hybridized carbons (Fsp3) is 0.167. The van der Waals surface area contributed by atoms with Crippen LogP contribution in [0, 0.1) is 0 Å². The fourth-order valence-corrected chi connectivity index (χ4v) is 1.53. The summed E-state index contributed by atoms with van der Waals surface area (Å²) in [5, 5.41) is 2.24. The highest BCUT2D eigenvalue weighted by atomic mass is 14.9. The number of rotatable bonds is 1. The second-order valence-electron chi connectivity index (χ2n) is 3.40. The summed E-state index contributed by atoms with van der Waals surface area (Å²) in [4.78, 5) is 0. The van der Waals surface area contributed by atoms with E-state index in [0.29, 0.717) is 6.04 Å². The van der Waals surface area contributed by atoms with Crippen LogP contribution in [0.4, 0.5) is 0 Å². The zero-order valence-corrected chi connectivity index (χ0v) is 7.77. The number of benzene rings is 1. The molecule has 0 aromatic heterocycles. The van der Waals surface area contributed by atoms with Gasteiger partial charge in [0.2, 0.25) is 0 Å². The minimum absolute atomic E-state index is 0.463. The molecule has 0 spiro atoms.